The molecule has 50 valence electrons. The Morgan fingerprint density at radius 1 is 1.89 bits per heavy atom. The summed E-state index contributed by atoms with van der Waals surface area (Å²) in [5.74, 6) is -0.993. The predicted octanol–water partition coefficient (Wildman–Crippen LogP) is -0.120. The molecule has 4 heteroatoms. The molecule has 0 saturated carbocycles. The van der Waals surface area contributed by atoms with E-state index in [-0.39, 0.29) is 12.5 Å². The van der Waals surface area contributed by atoms with Gasteiger partial charge in [0.15, 0.2) is 6.73 Å². The van der Waals surface area contributed by atoms with Gasteiger partial charge in [-0.3, -0.25) is 0 Å². The number of allylic oxidation sites excluding steroid dienone is 1. The largest absolute Gasteiger partial charge is 0.475 e. The Morgan fingerprint density at radius 2 is 2.56 bits per heavy atom. The molecular weight excluding hydrogens is 122 g/mol. The normalized spacial score (nSPS) is 17.0. The van der Waals surface area contributed by atoms with Gasteiger partial charge in [-0.25, -0.2) is 4.79 Å². The first-order chi connectivity index (χ1) is 4.22. The SMILES string of the molecule is CC1=C(C(=O)O)OCN1. The number of carbonyl (C=O) groups is 1. The molecule has 0 atom stereocenters. The van der Waals surface area contributed by atoms with Gasteiger partial charge in [0.1, 0.15) is 0 Å². The Bertz CT molecular complexity index is 173. The van der Waals surface area contributed by atoms with Crippen LogP contribution in [0, 0.1) is 0 Å². The number of rotatable bonds is 1. The zero-order chi connectivity index (χ0) is 6.85. The highest BCUT2D eigenvalue weighted by Crippen LogP contribution is 2.08. The first kappa shape index (κ1) is 5.94. The minimum absolute atomic E-state index is 0.0231. The molecule has 1 aliphatic rings. The van der Waals surface area contributed by atoms with E-state index in [1.54, 1.807) is 6.92 Å². The lowest BCUT2D eigenvalue weighted by molar-refractivity contribution is -0.136. The van der Waals surface area contributed by atoms with Crippen LogP contribution < -0.4 is 5.32 Å². The van der Waals surface area contributed by atoms with E-state index in [9.17, 15) is 4.79 Å². The summed E-state index contributed by atoms with van der Waals surface area (Å²) in [5, 5.41) is 11.1. The molecule has 2 N–H and O–H groups in total. The van der Waals surface area contributed by atoms with Gasteiger partial charge in [-0.2, -0.15) is 0 Å². The van der Waals surface area contributed by atoms with Gasteiger partial charge in [0.2, 0.25) is 5.76 Å². The fourth-order valence-electron chi connectivity index (χ4n) is 0.627. The van der Waals surface area contributed by atoms with Crippen LogP contribution >= 0.6 is 0 Å². The van der Waals surface area contributed by atoms with Crippen LogP contribution in [0.1, 0.15) is 6.92 Å². The molecule has 9 heavy (non-hydrogen) atoms. The molecule has 0 aliphatic carbocycles. The van der Waals surface area contributed by atoms with Crippen molar-refractivity contribution in [3.63, 3.8) is 0 Å². The zero-order valence-electron chi connectivity index (χ0n) is 4.97. The fraction of sp³-hybridized carbons (Fsp3) is 0.400. The van der Waals surface area contributed by atoms with Gasteiger partial charge in [-0.1, -0.05) is 0 Å². The summed E-state index contributed by atoms with van der Waals surface area (Å²) in [6.07, 6.45) is 0. The Kier molecular flexibility index (Phi) is 1.30. The van der Waals surface area contributed by atoms with Crippen LogP contribution in [0.5, 0.6) is 0 Å². The van der Waals surface area contributed by atoms with Crippen molar-refractivity contribution in [1.82, 2.24) is 5.32 Å². The molecule has 0 saturated heterocycles. The van der Waals surface area contributed by atoms with E-state index in [0.717, 1.165) is 0 Å². The molecule has 1 heterocycles. The number of aliphatic carboxylic acids is 1. The lowest BCUT2D eigenvalue weighted by Gasteiger charge is -1.92. The average molecular weight is 129 g/mol. The van der Waals surface area contributed by atoms with Gasteiger partial charge in [0, 0.05) is 0 Å². The summed E-state index contributed by atoms with van der Waals surface area (Å²) in [5.41, 5.74) is 0.586. The molecule has 1 aliphatic heterocycles. The van der Waals surface area contributed by atoms with Crippen LogP contribution in [0.25, 0.3) is 0 Å². The number of carboxylic acids is 1. The summed E-state index contributed by atoms with van der Waals surface area (Å²) in [4.78, 5) is 10.2. The number of hydrogen-bond donors (Lipinski definition) is 2. The van der Waals surface area contributed by atoms with E-state index in [1.807, 2.05) is 0 Å². The van der Waals surface area contributed by atoms with Gasteiger partial charge in [0.05, 0.1) is 5.70 Å². The second-order valence-electron chi connectivity index (χ2n) is 1.72. The van der Waals surface area contributed by atoms with E-state index in [1.165, 1.54) is 0 Å². The van der Waals surface area contributed by atoms with Crippen molar-refractivity contribution in [2.75, 3.05) is 6.73 Å². The molecule has 0 amide bonds. The number of hydrogen-bond acceptors (Lipinski definition) is 3. The van der Waals surface area contributed by atoms with Crippen LogP contribution in [0.4, 0.5) is 0 Å². The summed E-state index contributed by atoms with van der Waals surface area (Å²) in [6.45, 7) is 1.93. The van der Waals surface area contributed by atoms with Crippen molar-refractivity contribution in [3.8, 4) is 0 Å². The maximum atomic E-state index is 10.2. The van der Waals surface area contributed by atoms with Crippen molar-refractivity contribution >= 4 is 5.97 Å². The molecule has 0 spiro atoms. The van der Waals surface area contributed by atoms with E-state index in [0.29, 0.717) is 5.70 Å². The topological polar surface area (TPSA) is 58.6 Å². The monoisotopic (exact) mass is 129 g/mol. The number of ether oxygens (including phenoxy) is 1. The Hall–Kier alpha value is -1.19. The standard InChI is InChI=1S/C5H7NO3/c1-3-4(5(7)8)9-2-6-3/h6H,2H2,1H3,(H,7,8). The highest BCUT2D eigenvalue weighted by Gasteiger charge is 2.17. The molecular formula is C5H7NO3. The number of nitrogens with one attached hydrogen (secondary N) is 1. The minimum atomic E-state index is -1.02. The summed E-state index contributed by atoms with van der Waals surface area (Å²) in [7, 11) is 0. The van der Waals surface area contributed by atoms with Gasteiger partial charge < -0.3 is 15.2 Å². The van der Waals surface area contributed by atoms with Crippen LogP contribution in [0.3, 0.4) is 0 Å². The van der Waals surface area contributed by atoms with Crippen molar-refractivity contribution in [1.29, 1.82) is 0 Å². The molecule has 0 aromatic heterocycles. The Balaban J connectivity index is 2.78. The highest BCUT2D eigenvalue weighted by atomic mass is 16.5. The first-order valence-electron chi connectivity index (χ1n) is 2.52. The third kappa shape index (κ3) is 0.960. The van der Waals surface area contributed by atoms with Crippen LogP contribution in [0.2, 0.25) is 0 Å². The van der Waals surface area contributed by atoms with Crippen LogP contribution in [0.15, 0.2) is 11.5 Å². The molecule has 0 unspecified atom stereocenters. The van der Waals surface area contributed by atoms with Crippen molar-refractivity contribution in [2.45, 2.75) is 6.92 Å². The lowest BCUT2D eigenvalue weighted by atomic mass is 10.4. The summed E-state index contributed by atoms with van der Waals surface area (Å²) in [6, 6.07) is 0. The molecule has 1 rings (SSSR count). The molecule has 0 bridgehead atoms. The van der Waals surface area contributed by atoms with Crippen molar-refractivity contribution < 1.29 is 14.6 Å². The van der Waals surface area contributed by atoms with E-state index in [2.05, 4.69) is 5.32 Å². The summed E-state index contributed by atoms with van der Waals surface area (Å²) >= 11 is 0. The zero-order valence-corrected chi connectivity index (χ0v) is 4.97. The molecule has 0 aromatic carbocycles. The van der Waals surface area contributed by atoms with Crippen molar-refractivity contribution in [2.24, 2.45) is 0 Å². The number of carboxylic acid groups (broad SMARTS) is 1. The molecule has 0 fully saturated rings. The third-order valence-corrected chi connectivity index (χ3v) is 1.09. The second kappa shape index (κ2) is 1.97. The van der Waals surface area contributed by atoms with Gasteiger partial charge in [-0.05, 0) is 6.92 Å². The fourth-order valence-corrected chi connectivity index (χ4v) is 0.627. The molecule has 0 aromatic rings. The second-order valence-corrected chi connectivity index (χ2v) is 1.72. The van der Waals surface area contributed by atoms with Crippen LogP contribution in [-0.2, 0) is 9.53 Å². The van der Waals surface area contributed by atoms with Gasteiger partial charge in [0.25, 0.3) is 0 Å². The maximum absolute atomic E-state index is 10.2. The quantitative estimate of drug-likeness (QED) is 0.518. The molecule has 0 radical (unpaired) electrons. The highest BCUT2D eigenvalue weighted by molar-refractivity contribution is 5.85. The van der Waals surface area contributed by atoms with Crippen molar-refractivity contribution in [3.05, 3.63) is 11.5 Å². The maximum Gasteiger partial charge on any atom is 0.373 e. The Morgan fingerprint density at radius 3 is 2.78 bits per heavy atom. The minimum Gasteiger partial charge on any atom is -0.475 e. The predicted molar refractivity (Wildman–Crippen MR) is 29.4 cm³/mol. The smallest absolute Gasteiger partial charge is 0.373 e. The first-order valence-corrected chi connectivity index (χ1v) is 2.52. The van der Waals surface area contributed by atoms with Gasteiger partial charge >= 0.3 is 5.97 Å². The van der Waals surface area contributed by atoms with Gasteiger partial charge in [-0.15, -0.1) is 0 Å². The lowest BCUT2D eigenvalue weighted by Crippen LogP contribution is -2.04. The Labute approximate surface area is 52.1 Å². The third-order valence-electron chi connectivity index (χ3n) is 1.09. The average Bonchev–Trinajstić information content (AvgIpc) is 2.13. The van der Waals surface area contributed by atoms with E-state index >= 15 is 0 Å². The van der Waals surface area contributed by atoms with E-state index in [4.69, 9.17) is 9.84 Å². The summed E-state index contributed by atoms with van der Waals surface area (Å²) < 4.78 is 4.70. The van der Waals surface area contributed by atoms with Crippen LogP contribution in [-0.4, -0.2) is 17.8 Å². The molecule has 4 nitrogen and oxygen atoms in total. The van der Waals surface area contributed by atoms with E-state index < -0.39 is 5.97 Å².